The quantitative estimate of drug-likeness (QED) is 0.707. The van der Waals surface area contributed by atoms with Crippen molar-refractivity contribution in [3.63, 3.8) is 0 Å². The molecule has 1 saturated heterocycles. The largest absolute Gasteiger partial charge is 0.405 e. The van der Waals surface area contributed by atoms with Gasteiger partial charge >= 0.3 is 0 Å². The van der Waals surface area contributed by atoms with Crippen LogP contribution >= 0.6 is 0 Å². The highest BCUT2D eigenvalue weighted by Crippen LogP contribution is 2.00. The average Bonchev–Trinajstić information content (AvgIpc) is 2.29. The van der Waals surface area contributed by atoms with Gasteiger partial charge in [-0.05, 0) is 18.2 Å². The lowest BCUT2D eigenvalue weighted by atomic mass is 10.1. The summed E-state index contributed by atoms with van der Waals surface area (Å²) in [4.78, 5) is 6.96. The maximum atomic E-state index is 5.39. The Morgan fingerprint density at radius 2 is 2.12 bits per heavy atom. The third-order valence-electron chi connectivity index (χ3n) is 2.67. The molecule has 0 aliphatic carbocycles. The zero-order valence-electron chi connectivity index (χ0n) is 10.4. The monoisotopic (exact) mass is 225 g/mol. The summed E-state index contributed by atoms with van der Waals surface area (Å²) in [6, 6.07) is 0. The first-order valence-corrected chi connectivity index (χ1v) is 5.96. The van der Waals surface area contributed by atoms with E-state index in [2.05, 4.69) is 23.7 Å². The van der Waals surface area contributed by atoms with Crippen LogP contribution in [0, 0.1) is 5.92 Å². The molecule has 16 heavy (non-hydrogen) atoms. The summed E-state index contributed by atoms with van der Waals surface area (Å²) in [5.41, 5.74) is 6.47. The maximum absolute atomic E-state index is 5.39. The molecule has 0 aromatic heterocycles. The molecule has 1 rings (SSSR count). The van der Waals surface area contributed by atoms with Crippen molar-refractivity contribution in [3.8, 4) is 0 Å². The van der Waals surface area contributed by atoms with E-state index in [4.69, 9.17) is 10.5 Å². The van der Waals surface area contributed by atoms with Gasteiger partial charge in [-0.25, -0.2) is 0 Å². The number of hydrogen-bond acceptors (Lipinski definition) is 4. The summed E-state index contributed by atoms with van der Waals surface area (Å²) in [5.74, 6) is 0.435. The van der Waals surface area contributed by atoms with Gasteiger partial charge in [0, 0.05) is 25.3 Å². The predicted octanol–water partition coefficient (Wildman–Crippen LogP) is 0.888. The average molecular weight is 225 g/mol. The number of nitrogens with zero attached hydrogens (tertiary/aromatic N) is 2. The van der Waals surface area contributed by atoms with Crippen LogP contribution in [0.1, 0.15) is 13.8 Å². The highest BCUT2D eigenvalue weighted by Gasteiger charge is 2.09. The molecule has 0 amide bonds. The summed E-state index contributed by atoms with van der Waals surface area (Å²) < 4.78 is 5.30. The van der Waals surface area contributed by atoms with Crippen molar-refractivity contribution in [1.29, 1.82) is 0 Å². The van der Waals surface area contributed by atoms with Gasteiger partial charge in [0.25, 0.3) is 0 Å². The van der Waals surface area contributed by atoms with Crippen molar-refractivity contribution in [3.05, 3.63) is 12.3 Å². The van der Waals surface area contributed by atoms with Gasteiger partial charge in [-0.1, -0.05) is 13.8 Å². The topological polar surface area (TPSA) is 50.8 Å². The normalized spacial score (nSPS) is 19.8. The minimum absolute atomic E-state index is 0.435. The standard InChI is InChI=1S/C12H23N3O/c1-11(2)12(3-4-13)14-5-6-15-7-9-16-10-8-15/h3-4,11H,5-10,13H2,1-2H3. The van der Waals surface area contributed by atoms with E-state index in [1.165, 1.54) is 0 Å². The van der Waals surface area contributed by atoms with Gasteiger partial charge in [0.1, 0.15) is 0 Å². The smallest absolute Gasteiger partial charge is 0.0594 e. The van der Waals surface area contributed by atoms with Gasteiger partial charge in [-0.2, -0.15) is 0 Å². The van der Waals surface area contributed by atoms with Crippen molar-refractivity contribution >= 4 is 5.71 Å². The van der Waals surface area contributed by atoms with E-state index in [-0.39, 0.29) is 0 Å². The van der Waals surface area contributed by atoms with E-state index < -0.39 is 0 Å². The van der Waals surface area contributed by atoms with Crippen molar-refractivity contribution < 1.29 is 4.74 Å². The highest BCUT2D eigenvalue weighted by atomic mass is 16.5. The SMILES string of the molecule is CC(C)C(C=CN)=NCCN1CCOCC1. The van der Waals surface area contributed by atoms with Crippen LogP contribution in [-0.4, -0.2) is 50.0 Å². The molecule has 1 aliphatic heterocycles. The van der Waals surface area contributed by atoms with Crippen LogP contribution in [0.5, 0.6) is 0 Å². The van der Waals surface area contributed by atoms with Crippen molar-refractivity contribution in [2.75, 3.05) is 39.4 Å². The molecule has 0 saturated carbocycles. The maximum Gasteiger partial charge on any atom is 0.0594 e. The Morgan fingerprint density at radius 3 is 2.69 bits per heavy atom. The Kier molecular flexibility index (Phi) is 6.11. The molecule has 1 fully saturated rings. The zero-order valence-corrected chi connectivity index (χ0v) is 10.4. The Morgan fingerprint density at radius 1 is 1.44 bits per heavy atom. The summed E-state index contributed by atoms with van der Waals surface area (Å²) in [6.07, 6.45) is 3.46. The molecule has 92 valence electrons. The molecule has 0 aromatic carbocycles. The minimum Gasteiger partial charge on any atom is -0.405 e. The molecule has 1 heterocycles. The van der Waals surface area contributed by atoms with Gasteiger partial charge < -0.3 is 10.5 Å². The number of nitrogens with two attached hydrogens (primary N) is 1. The molecule has 0 unspecified atom stereocenters. The molecule has 0 radical (unpaired) electrons. The molecular formula is C12H23N3O. The second-order valence-corrected chi connectivity index (χ2v) is 4.27. The first-order chi connectivity index (χ1) is 7.74. The predicted molar refractivity (Wildman–Crippen MR) is 67.7 cm³/mol. The van der Waals surface area contributed by atoms with Gasteiger partial charge in [0.2, 0.25) is 0 Å². The molecule has 0 bridgehead atoms. The van der Waals surface area contributed by atoms with E-state index in [1.807, 2.05) is 6.08 Å². The number of ether oxygens (including phenoxy) is 1. The molecule has 1 aliphatic rings. The molecule has 2 N–H and O–H groups in total. The van der Waals surface area contributed by atoms with Crippen molar-refractivity contribution in [2.24, 2.45) is 16.6 Å². The molecular weight excluding hydrogens is 202 g/mol. The van der Waals surface area contributed by atoms with Crippen LogP contribution in [0.3, 0.4) is 0 Å². The third-order valence-corrected chi connectivity index (χ3v) is 2.67. The van der Waals surface area contributed by atoms with E-state index in [1.54, 1.807) is 6.20 Å². The highest BCUT2D eigenvalue weighted by molar-refractivity contribution is 5.96. The Hall–Kier alpha value is -0.870. The van der Waals surface area contributed by atoms with Gasteiger partial charge in [-0.15, -0.1) is 0 Å². The Balaban J connectivity index is 2.32. The summed E-state index contributed by atoms with van der Waals surface area (Å²) >= 11 is 0. The van der Waals surface area contributed by atoms with Crippen molar-refractivity contribution in [2.45, 2.75) is 13.8 Å². The van der Waals surface area contributed by atoms with Gasteiger partial charge in [0.05, 0.1) is 19.8 Å². The minimum atomic E-state index is 0.435. The van der Waals surface area contributed by atoms with Crippen molar-refractivity contribution in [1.82, 2.24) is 4.90 Å². The van der Waals surface area contributed by atoms with E-state index in [9.17, 15) is 0 Å². The van der Waals surface area contributed by atoms with Gasteiger partial charge in [-0.3, -0.25) is 9.89 Å². The van der Waals surface area contributed by atoms with E-state index >= 15 is 0 Å². The number of morpholine rings is 1. The fraction of sp³-hybridized carbons (Fsp3) is 0.750. The van der Waals surface area contributed by atoms with Gasteiger partial charge in [0.15, 0.2) is 0 Å². The first-order valence-electron chi connectivity index (χ1n) is 5.96. The zero-order chi connectivity index (χ0) is 11.8. The summed E-state index contributed by atoms with van der Waals surface area (Å²) in [6.45, 7) is 9.88. The Bertz CT molecular complexity index is 243. The summed E-state index contributed by atoms with van der Waals surface area (Å²) in [7, 11) is 0. The second-order valence-electron chi connectivity index (χ2n) is 4.27. The van der Waals surface area contributed by atoms with E-state index in [0.717, 1.165) is 45.1 Å². The fourth-order valence-corrected chi connectivity index (χ4v) is 1.67. The van der Waals surface area contributed by atoms with Crippen LogP contribution in [0.2, 0.25) is 0 Å². The van der Waals surface area contributed by atoms with E-state index in [0.29, 0.717) is 5.92 Å². The van der Waals surface area contributed by atoms with Crippen LogP contribution in [0.15, 0.2) is 17.3 Å². The molecule has 0 aromatic rings. The summed E-state index contributed by atoms with van der Waals surface area (Å²) in [5, 5.41) is 0. The van der Waals surface area contributed by atoms with Crippen LogP contribution < -0.4 is 5.73 Å². The van der Waals surface area contributed by atoms with Crippen LogP contribution in [0.25, 0.3) is 0 Å². The van der Waals surface area contributed by atoms with Crippen LogP contribution in [-0.2, 0) is 4.74 Å². The third kappa shape index (κ3) is 4.77. The number of aliphatic imine (C=N–C) groups is 1. The number of hydrogen-bond donors (Lipinski definition) is 1. The molecule has 0 spiro atoms. The molecule has 0 atom stereocenters. The number of allylic oxidation sites excluding steroid dienone is 1. The Labute approximate surface area is 98.2 Å². The molecule has 4 heteroatoms. The number of rotatable bonds is 5. The molecule has 4 nitrogen and oxygen atoms in total. The first kappa shape index (κ1) is 13.2. The lowest BCUT2D eigenvalue weighted by Gasteiger charge is -2.25. The van der Waals surface area contributed by atoms with Crippen LogP contribution in [0.4, 0.5) is 0 Å². The fourth-order valence-electron chi connectivity index (χ4n) is 1.67. The lowest BCUT2D eigenvalue weighted by Crippen LogP contribution is -2.37. The second kappa shape index (κ2) is 7.41. The lowest BCUT2D eigenvalue weighted by molar-refractivity contribution is 0.0394.